The Morgan fingerprint density at radius 2 is 1.82 bits per heavy atom. The fourth-order valence-corrected chi connectivity index (χ4v) is 0.482. The van der Waals surface area contributed by atoms with Gasteiger partial charge in [0.1, 0.15) is 0 Å². The first kappa shape index (κ1) is 12.8. The number of hydrogen-bond acceptors (Lipinski definition) is 1. The largest absolute Gasteiger partial charge is 0.323 e. The molecule has 0 aromatic carbocycles. The molecule has 0 radical (unpaired) electrons. The van der Waals surface area contributed by atoms with Crippen LogP contribution in [0.1, 0.15) is 13.3 Å². The van der Waals surface area contributed by atoms with E-state index in [1.807, 2.05) is 26.2 Å². The lowest BCUT2D eigenvalue weighted by Crippen LogP contribution is -1.89. The van der Waals surface area contributed by atoms with Crippen molar-refractivity contribution >= 4 is 0 Å². The van der Waals surface area contributed by atoms with Crippen LogP contribution in [0.25, 0.3) is 0 Å². The molecule has 0 aromatic rings. The van der Waals surface area contributed by atoms with Crippen LogP contribution in [-0.2, 0) is 0 Å². The molecule has 0 unspecified atom stereocenters. The minimum atomic E-state index is 1.04. The van der Waals surface area contributed by atoms with Gasteiger partial charge >= 0.3 is 0 Å². The third-order valence-electron chi connectivity index (χ3n) is 1.00. The summed E-state index contributed by atoms with van der Waals surface area (Å²) in [6.45, 7) is 9.30. The molecule has 0 spiro atoms. The highest BCUT2D eigenvalue weighted by Gasteiger charge is 1.79. The monoisotopic (exact) mass is 153 g/mol. The van der Waals surface area contributed by atoms with Gasteiger partial charge in [-0.3, -0.25) is 0 Å². The van der Waals surface area contributed by atoms with Gasteiger partial charge < -0.3 is 5.32 Å². The van der Waals surface area contributed by atoms with Gasteiger partial charge in [-0.25, -0.2) is 0 Å². The minimum Gasteiger partial charge on any atom is -0.323 e. The summed E-state index contributed by atoms with van der Waals surface area (Å²) in [4.78, 5) is 0. The lowest BCUT2D eigenvalue weighted by atomic mass is 10.2. The van der Waals surface area contributed by atoms with Crippen LogP contribution in [-0.4, -0.2) is 14.1 Å². The van der Waals surface area contributed by atoms with E-state index in [-0.39, 0.29) is 0 Å². The number of hydrogen-bond donors (Lipinski definition) is 1. The summed E-state index contributed by atoms with van der Waals surface area (Å²) in [5.41, 5.74) is 1.24. The molecule has 11 heavy (non-hydrogen) atoms. The molecule has 0 aromatic heterocycles. The van der Waals surface area contributed by atoms with E-state index in [0.717, 1.165) is 6.42 Å². The molecule has 0 atom stereocenters. The normalized spacial score (nSPS) is 9.55. The van der Waals surface area contributed by atoms with Crippen LogP contribution in [0.5, 0.6) is 0 Å². The first-order valence-corrected chi connectivity index (χ1v) is 3.79. The Balaban J connectivity index is 0. The molecule has 1 N–H and O–H groups in total. The third kappa shape index (κ3) is 12.4. The second-order valence-electron chi connectivity index (χ2n) is 2.03. The van der Waals surface area contributed by atoms with Gasteiger partial charge in [0, 0.05) is 0 Å². The van der Waals surface area contributed by atoms with Crippen LogP contribution < -0.4 is 5.32 Å². The maximum Gasteiger partial charge on any atom is -0.0167 e. The predicted molar refractivity (Wildman–Crippen MR) is 53.8 cm³/mol. The van der Waals surface area contributed by atoms with Crippen molar-refractivity contribution < 1.29 is 0 Å². The van der Waals surface area contributed by atoms with Crippen molar-refractivity contribution in [1.82, 2.24) is 5.32 Å². The van der Waals surface area contributed by atoms with Gasteiger partial charge in [0.05, 0.1) is 0 Å². The van der Waals surface area contributed by atoms with Crippen molar-refractivity contribution in [2.45, 2.75) is 13.3 Å². The van der Waals surface area contributed by atoms with Crippen molar-refractivity contribution in [3.05, 3.63) is 37.0 Å². The highest BCUT2D eigenvalue weighted by Crippen LogP contribution is 1.99. The van der Waals surface area contributed by atoms with Crippen LogP contribution in [0, 0.1) is 0 Å². The lowest BCUT2D eigenvalue weighted by Gasteiger charge is -1.89. The van der Waals surface area contributed by atoms with Crippen LogP contribution in [0.3, 0.4) is 0 Å². The maximum atomic E-state index is 3.63. The first-order chi connectivity index (χ1) is 5.26. The zero-order valence-electron chi connectivity index (χ0n) is 7.85. The van der Waals surface area contributed by atoms with Crippen molar-refractivity contribution in [2.24, 2.45) is 0 Å². The van der Waals surface area contributed by atoms with Crippen molar-refractivity contribution in [3.63, 3.8) is 0 Å². The molecule has 0 aliphatic heterocycles. The van der Waals surface area contributed by atoms with E-state index in [1.54, 1.807) is 6.08 Å². The Hall–Kier alpha value is -0.820. The average Bonchev–Trinajstić information content (AvgIpc) is 2.02. The van der Waals surface area contributed by atoms with Gasteiger partial charge in [0.15, 0.2) is 0 Å². The highest BCUT2D eigenvalue weighted by molar-refractivity contribution is 5.20. The van der Waals surface area contributed by atoms with E-state index < -0.39 is 0 Å². The zero-order chi connectivity index (χ0) is 9.11. The molecule has 64 valence electrons. The molecule has 1 nitrogen and oxygen atoms in total. The van der Waals surface area contributed by atoms with Gasteiger partial charge in [-0.2, -0.15) is 0 Å². The van der Waals surface area contributed by atoms with Gasteiger partial charge in [-0.15, -0.1) is 0 Å². The molecule has 0 aliphatic carbocycles. The SMILES string of the molecule is C=C/C=C(\C=C)CC.CNC. The van der Waals surface area contributed by atoms with E-state index in [9.17, 15) is 0 Å². The van der Waals surface area contributed by atoms with Crippen LogP contribution in [0.15, 0.2) is 37.0 Å². The van der Waals surface area contributed by atoms with Crippen LogP contribution >= 0.6 is 0 Å². The summed E-state index contributed by atoms with van der Waals surface area (Å²) in [6.07, 6.45) is 6.63. The Morgan fingerprint density at radius 1 is 1.36 bits per heavy atom. The van der Waals surface area contributed by atoms with E-state index in [0.29, 0.717) is 0 Å². The molecular weight excluding hydrogens is 134 g/mol. The fourth-order valence-electron chi connectivity index (χ4n) is 0.482. The van der Waals surface area contributed by atoms with Crippen molar-refractivity contribution in [1.29, 1.82) is 0 Å². The Kier molecular flexibility index (Phi) is 13.9. The molecule has 0 aliphatic rings. The van der Waals surface area contributed by atoms with E-state index >= 15 is 0 Å². The summed E-state index contributed by atoms with van der Waals surface area (Å²) in [5, 5.41) is 2.75. The molecule has 0 saturated heterocycles. The molecule has 0 fully saturated rings. The van der Waals surface area contributed by atoms with Gasteiger partial charge in [-0.05, 0) is 26.1 Å². The summed E-state index contributed by atoms with van der Waals surface area (Å²) in [5.74, 6) is 0. The molecule has 1 heteroatoms. The fraction of sp³-hybridized carbons (Fsp3) is 0.400. The molecule has 0 saturated carbocycles. The smallest absolute Gasteiger partial charge is 0.0167 e. The first-order valence-electron chi connectivity index (χ1n) is 3.79. The molecule has 0 rings (SSSR count). The Labute approximate surface area is 70.5 Å². The lowest BCUT2D eigenvalue weighted by molar-refractivity contribution is 1.02. The Bertz CT molecular complexity index is 123. The second-order valence-corrected chi connectivity index (χ2v) is 2.03. The third-order valence-corrected chi connectivity index (χ3v) is 1.00. The molecule has 0 heterocycles. The topological polar surface area (TPSA) is 12.0 Å². The zero-order valence-corrected chi connectivity index (χ0v) is 7.85. The van der Waals surface area contributed by atoms with Crippen molar-refractivity contribution in [2.75, 3.05) is 14.1 Å². The number of rotatable bonds is 3. The van der Waals surface area contributed by atoms with Crippen molar-refractivity contribution in [3.8, 4) is 0 Å². The Morgan fingerprint density at radius 3 is 1.91 bits per heavy atom. The summed E-state index contributed by atoms with van der Waals surface area (Å²) in [7, 11) is 3.75. The highest BCUT2D eigenvalue weighted by atomic mass is 14.7. The minimum absolute atomic E-state index is 1.04. The van der Waals surface area contributed by atoms with Gasteiger partial charge in [0.2, 0.25) is 0 Å². The molecular formula is C10H19N. The van der Waals surface area contributed by atoms with Crippen LogP contribution in [0.2, 0.25) is 0 Å². The predicted octanol–water partition coefficient (Wildman–Crippen LogP) is 2.53. The number of nitrogens with one attached hydrogen (secondary N) is 1. The molecule has 0 amide bonds. The van der Waals surface area contributed by atoms with Gasteiger partial charge in [0.25, 0.3) is 0 Å². The van der Waals surface area contributed by atoms with E-state index in [4.69, 9.17) is 0 Å². The molecule has 0 bridgehead atoms. The summed E-state index contributed by atoms with van der Waals surface area (Å²) in [6, 6.07) is 0. The van der Waals surface area contributed by atoms with Gasteiger partial charge in [-0.1, -0.05) is 38.3 Å². The summed E-state index contributed by atoms with van der Waals surface area (Å²) < 4.78 is 0. The average molecular weight is 153 g/mol. The maximum absolute atomic E-state index is 3.63. The van der Waals surface area contributed by atoms with E-state index in [1.165, 1.54) is 5.57 Å². The second kappa shape index (κ2) is 11.9. The summed E-state index contributed by atoms with van der Waals surface area (Å²) >= 11 is 0. The number of allylic oxidation sites excluding steroid dienone is 4. The van der Waals surface area contributed by atoms with E-state index in [2.05, 4.69) is 25.4 Å². The quantitative estimate of drug-likeness (QED) is 0.614. The van der Waals surface area contributed by atoms with Crippen LogP contribution in [0.4, 0.5) is 0 Å². The standard InChI is InChI=1S/C8H12.C2H7N/c1-4-7-8(5-2)6-3;1-3-2/h4-5,7H,1-2,6H2,3H3;3H,1-2H3/b8-7+;.